The van der Waals surface area contributed by atoms with Crippen LogP contribution in [0.2, 0.25) is 0 Å². The number of phenols is 1. The van der Waals surface area contributed by atoms with Crippen molar-refractivity contribution in [3.05, 3.63) is 59.7 Å². The SMILES string of the molecule is O=C(CN1CCN(c2ccc(O)cc2)CC1)NCc1cc(F)cc(F)c1. The number of carbonyl (C=O) groups excluding carboxylic acids is 1. The fourth-order valence-electron chi connectivity index (χ4n) is 3.00. The molecule has 1 aliphatic rings. The molecule has 1 aliphatic heterocycles. The molecule has 1 amide bonds. The zero-order valence-corrected chi connectivity index (χ0v) is 14.3. The maximum absolute atomic E-state index is 13.1. The number of hydrogen-bond donors (Lipinski definition) is 2. The highest BCUT2D eigenvalue weighted by molar-refractivity contribution is 5.78. The smallest absolute Gasteiger partial charge is 0.234 e. The van der Waals surface area contributed by atoms with Crippen LogP contribution in [0.3, 0.4) is 0 Å². The van der Waals surface area contributed by atoms with Crippen LogP contribution in [0.25, 0.3) is 0 Å². The maximum Gasteiger partial charge on any atom is 0.234 e. The average Bonchev–Trinajstić information content (AvgIpc) is 2.61. The fourth-order valence-corrected chi connectivity index (χ4v) is 3.00. The molecule has 3 rings (SSSR count). The minimum Gasteiger partial charge on any atom is -0.508 e. The summed E-state index contributed by atoms with van der Waals surface area (Å²) >= 11 is 0. The largest absolute Gasteiger partial charge is 0.508 e. The van der Waals surface area contributed by atoms with Gasteiger partial charge in [-0.05, 0) is 42.0 Å². The number of nitrogens with one attached hydrogen (secondary N) is 1. The number of amides is 1. The lowest BCUT2D eigenvalue weighted by Crippen LogP contribution is -2.49. The average molecular weight is 361 g/mol. The van der Waals surface area contributed by atoms with Crippen molar-refractivity contribution in [3.8, 4) is 5.75 Å². The third-order valence-corrected chi connectivity index (χ3v) is 4.37. The van der Waals surface area contributed by atoms with Crippen LogP contribution in [0.15, 0.2) is 42.5 Å². The molecular formula is C19H21F2N3O2. The molecule has 0 unspecified atom stereocenters. The zero-order valence-electron chi connectivity index (χ0n) is 14.3. The topological polar surface area (TPSA) is 55.8 Å². The van der Waals surface area contributed by atoms with Gasteiger partial charge in [-0.3, -0.25) is 9.69 Å². The Morgan fingerprint density at radius 1 is 1.00 bits per heavy atom. The van der Waals surface area contributed by atoms with E-state index in [9.17, 15) is 18.7 Å². The summed E-state index contributed by atoms with van der Waals surface area (Å²) in [6.07, 6.45) is 0. The summed E-state index contributed by atoms with van der Waals surface area (Å²) in [4.78, 5) is 16.3. The summed E-state index contributed by atoms with van der Waals surface area (Å²) in [5.41, 5.74) is 1.44. The molecule has 0 spiro atoms. The van der Waals surface area contributed by atoms with Gasteiger partial charge >= 0.3 is 0 Å². The van der Waals surface area contributed by atoms with E-state index in [4.69, 9.17) is 0 Å². The van der Waals surface area contributed by atoms with Gasteiger partial charge in [-0.2, -0.15) is 0 Å². The summed E-state index contributed by atoms with van der Waals surface area (Å²) in [6.45, 7) is 3.40. The second-order valence-electron chi connectivity index (χ2n) is 6.33. The van der Waals surface area contributed by atoms with Gasteiger partial charge < -0.3 is 15.3 Å². The number of benzene rings is 2. The van der Waals surface area contributed by atoms with E-state index in [1.54, 1.807) is 12.1 Å². The van der Waals surface area contributed by atoms with Crippen LogP contribution in [0, 0.1) is 11.6 Å². The van der Waals surface area contributed by atoms with Gasteiger partial charge in [-0.15, -0.1) is 0 Å². The van der Waals surface area contributed by atoms with Crippen molar-refractivity contribution >= 4 is 11.6 Å². The number of nitrogens with zero attached hydrogens (tertiary/aromatic N) is 2. The first-order valence-corrected chi connectivity index (χ1v) is 8.47. The Kier molecular flexibility index (Phi) is 5.68. The predicted octanol–water partition coefficient (Wildman–Crippen LogP) is 2.11. The molecule has 0 atom stereocenters. The van der Waals surface area contributed by atoms with E-state index >= 15 is 0 Å². The number of phenolic OH excluding ortho intramolecular Hbond substituents is 1. The van der Waals surface area contributed by atoms with Crippen LogP contribution in [-0.2, 0) is 11.3 Å². The summed E-state index contributed by atoms with van der Waals surface area (Å²) in [5, 5.41) is 12.0. The van der Waals surface area contributed by atoms with Crippen molar-refractivity contribution in [2.75, 3.05) is 37.6 Å². The highest BCUT2D eigenvalue weighted by Gasteiger charge is 2.19. The first kappa shape index (κ1) is 18.1. The van der Waals surface area contributed by atoms with E-state index in [1.807, 2.05) is 17.0 Å². The first-order chi connectivity index (χ1) is 12.5. The van der Waals surface area contributed by atoms with Gasteiger partial charge in [0.05, 0.1) is 6.54 Å². The Morgan fingerprint density at radius 2 is 1.62 bits per heavy atom. The van der Waals surface area contributed by atoms with Crippen molar-refractivity contribution in [2.24, 2.45) is 0 Å². The number of carbonyl (C=O) groups is 1. The second-order valence-corrected chi connectivity index (χ2v) is 6.33. The quantitative estimate of drug-likeness (QED) is 0.857. The van der Waals surface area contributed by atoms with E-state index in [0.29, 0.717) is 5.56 Å². The Labute approximate surface area is 150 Å². The van der Waals surface area contributed by atoms with Crippen molar-refractivity contribution in [3.63, 3.8) is 0 Å². The van der Waals surface area contributed by atoms with E-state index in [0.717, 1.165) is 37.9 Å². The summed E-state index contributed by atoms with van der Waals surface area (Å²) in [7, 11) is 0. The summed E-state index contributed by atoms with van der Waals surface area (Å²) in [6, 6.07) is 10.3. The lowest BCUT2D eigenvalue weighted by molar-refractivity contribution is -0.122. The Hall–Kier alpha value is -2.67. The molecule has 2 aromatic rings. The molecule has 0 radical (unpaired) electrons. The Balaban J connectivity index is 1.43. The van der Waals surface area contributed by atoms with Crippen molar-refractivity contribution in [2.45, 2.75) is 6.54 Å². The Morgan fingerprint density at radius 3 is 2.23 bits per heavy atom. The van der Waals surface area contributed by atoms with E-state index in [1.165, 1.54) is 12.1 Å². The van der Waals surface area contributed by atoms with Gasteiger partial charge in [0.15, 0.2) is 0 Å². The number of aromatic hydroxyl groups is 1. The molecule has 2 N–H and O–H groups in total. The first-order valence-electron chi connectivity index (χ1n) is 8.47. The molecule has 1 heterocycles. The number of anilines is 1. The normalized spacial score (nSPS) is 15.1. The van der Waals surface area contributed by atoms with Gasteiger partial charge in [0.25, 0.3) is 0 Å². The lowest BCUT2D eigenvalue weighted by atomic mass is 10.2. The predicted molar refractivity (Wildman–Crippen MR) is 95.0 cm³/mol. The highest BCUT2D eigenvalue weighted by Crippen LogP contribution is 2.19. The third kappa shape index (κ3) is 4.92. The number of hydrogen-bond acceptors (Lipinski definition) is 4. The lowest BCUT2D eigenvalue weighted by Gasteiger charge is -2.35. The molecule has 26 heavy (non-hydrogen) atoms. The molecule has 2 aromatic carbocycles. The molecule has 7 heteroatoms. The molecule has 5 nitrogen and oxygen atoms in total. The van der Waals surface area contributed by atoms with Crippen molar-refractivity contribution in [1.82, 2.24) is 10.2 Å². The summed E-state index contributed by atoms with van der Waals surface area (Å²) in [5.74, 6) is -1.24. The number of piperazine rings is 1. The van der Waals surface area contributed by atoms with Crippen molar-refractivity contribution in [1.29, 1.82) is 0 Å². The fraction of sp³-hybridized carbons (Fsp3) is 0.316. The van der Waals surface area contributed by atoms with Crippen LogP contribution in [-0.4, -0.2) is 48.6 Å². The van der Waals surface area contributed by atoms with Gasteiger partial charge in [0.1, 0.15) is 17.4 Å². The molecule has 0 aliphatic carbocycles. The zero-order chi connectivity index (χ0) is 18.5. The standard InChI is InChI=1S/C19H21F2N3O2/c20-15-9-14(10-16(21)11-15)12-22-19(26)13-23-5-7-24(8-6-23)17-1-3-18(25)4-2-17/h1-4,9-11,25H,5-8,12-13H2,(H,22,26). The van der Waals surface area contributed by atoms with Crippen LogP contribution in [0.5, 0.6) is 5.75 Å². The Bertz CT molecular complexity index is 740. The third-order valence-electron chi connectivity index (χ3n) is 4.37. The number of halogens is 2. The van der Waals surface area contributed by atoms with Gasteiger partial charge in [-0.1, -0.05) is 0 Å². The minimum atomic E-state index is -0.653. The minimum absolute atomic E-state index is 0.0982. The van der Waals surface area contributed by atoms with Gasteiger partial charge in [0.2, 0.25) is 5.91 Å². The van der Waals surface area contributed by atoms with Crippen LogP contribution in [0.4, 0.5) is 14.5 Å². The van der Waals surface area contributed by atoms with Gasteiger partial charge in [0, 0.05) is 44.5 Å². The molecule has 1 saturated heterocycles. The van der Waals surface area contributed by atoms with Gasteiger partial charge in [-0.25, -0.2) is 8.78 Å². The summed E-state index contributed by atoms with van der Waals surface area (Å²) < 4.78 is 26.3. The highest BCUT2D eigenvalue weighted by atomic mass is 19.1. The molecule has 138 valence electrons. The number of rotatable bonds is 5. The second kappa shape index (κ2) is 8.14. The molecule has 0 bridgehead atoms. The van der Waals surface area contributed by atoms with Crippen molar-refractivity contribution < 1.29 is 18.7 Å². The maximum atomic E-state index is 13.1. The van der Waals surface area contributed by atoms with Crippen LogP contribution >= 0.6 is 0 Å². The van der Waals surface area contributed by atoms with E-state index in [2.05, 4.69) is 10.2 Å². The monoisotopic (exact) mass is 361 g/mol. The molecule has 1 fully saturated rings. The molecule has 0 saturated carbocycles. The molecular weight excluding hydrogens is 340 g/mol. The van der Waals surface area contributed by atoms with E-state index < -0.39 is 11.6 Å². The molecule has 0 aromatic heterocycles. The van der Waals surface area contributed by atoms with Crippen LogP contribution < -0.4 is 10.2 Å². The van der Waals surface area contributed by atoms with E-state index in [-0.39, 0.29) is 24.7 Å². The van der Waals surface area contributed by atoms with Crippen LogP contribution in [0.1, 0.15) is 5.56 Å².